The van der Waals surface area contributed by atoms with Gasteiger partial charge in [-0.1, -0.05) is 41.9 Å². The lowest BCUT2D eigenvalue weighted by Gasteiger charge is -2.03. The number of aromatic nitrogens is 2. The van der Waals surface area contributed by atoms with E-state index in [-0.39, 0.29) is 0 Å². The monoisotopic (exact) mass is 276 g/mol. The molecule has 1 aromatic heterocycles. The van der Waals surface area contributed by atoms with Crippen molar-refractivity contribution >= 4 is 23.6 Å². The van der Waals surface area contributed by atoms with Crippen molar-refractivity contribution in [3.63, 3.8) is 0 Å². The molecule has 0 bridgehead atoms. The predicted molar refractivity (Wildman–Crippen MR) is 74.2 cm³/mol. The summed E-state index contributed by atoms with van der Waals surface area (Å²) in [7, 11) is 0. The van der Waals surface area contributed by atoms with Crippen LogP contribution in [0.25, 0.3) is 6.08 Å². The summed E-state index contributed by atoms with van der Waals surface area (Å²) in [5, 5.41) is 13.4. The molecule has 4 nitrogen and oxygen atoms in total. The molecule has 0 fully saturated rings. The van der Waals surface area contributed by atoms with Gasteiger partial charge in [0, 0.05) is 11.6 Å². The predicted octanol–water partition coefficient (Wildman–Crippen LogP) is 2.99. The average molecular weight is 277 g/mol. The third-order valence-corrected chi connectivity index (χ3v) is 3.08. The normalized spacial score (nSPS) is 11.1. The van der Waals surface area contributed by atoms with E-state index in [0.717, 1.165) is 11.6 Å². The summed E-state index contributed by atoms with van der Waals surface area (Å²) in [4.78, 5) is 10.5. The second kappa shape index (κ2) is 5.71. The van der Waals surface area contributed by atoms with Crippen molar-refractivity contribution in [1.29, 1.82) is 0 Å². The molecule has 1 N–H and O–H groups in total. The first-order valence-corrected chi connectivity index (χ1v) is 6.13. The molecular weight excluding hydrogens is 264 g/mol. The highest BCUT2D eigenvalue weighted by molar-refractivity contribution is 6.31. The Bertz CT molecular complexity index is 618. The molecule has 0 saturated carbocycles. The van der Waals surface area contributed by atoms with Crippen molar-refractivity contribution in [3.8, 4) is 0 Å². The number of aliphatic carboxylic acids is 1. The zero-order valence-corrected chi connectivity index (χ0v) is 11.1. The first-order chi connectivity index (χ1) is 9.08. The van der Waals surface area contributed by atoms with Gasteiger partial charge in [-0.2, -0.15) is 5.10 Å². The van der Waals surface area contributed by atoms with Crippen molar-refractivity contribution in [1.82, 2.24) is 9.78 Å². The van der Waals surface area contributed by atoms with Crippen LogP contribution in [0.15, 0.2) is 36.4 Å². The van der Waals surface area contributed by atoms with Crippen LogP contribution in [0.4, 0.5) is 0 Å². The van der Waals surface area contributed by atoms with E-state index in [1.165, 1.54) is 6.08 Å². The SMILES string of the molecule is Cc1nn(Cc2ccccc2)c(Cl)c1C=CC(=O)O. The van der Waals surface area contributed by atoms with Gasteiger partial charge in [-0.05, 0) is 18.6 Å². The van der Waals surface area contributed by atoms with Gasteiger partial charge in [0.15, 0.2) is 0 Å². The molecule has 0 unspecified atom stereocenters. The molecule has 1 heterocycles. The fourth-order valence-electron chi connectivity index (χ4n) is 1.77. The summed E-state index contributed by atoms with van der Waals surface area (Å²) in [6.07, 6.45) is 2.53. The highest BCUT2D eigenvalue weighted by atomic mass is 35.5. The Labute approximate surface area is 115 Å². The van der Waals surface area contributed by atoms with Gasteiger partial charge in [0.25, 0.3) is 0 Å². The van der Waals surface area contributed by atoms with E-state index >= 15 is 0 Å². The van der Waals surface area contributed by atoms with E-state index in [9.17, 15) is 4.79 Å². The molecule has 0 radical (unpaired) electrons. The Morgan fingerprint density at radius 2 is 2.11 bits per heavy atom. The molecule has 19 heavy (non-hydrogen) atoms. The third kappa shape index (κ3) is 3.23. The largest absolute Gasteiger partial charge is 0.478 e. The Balaban J connectivity index is 2.29. The maximum absolute atomic E-state index is 10.5. The van der Waals surface area contributed by atoms with E-state index in [1.54, 1.807) is 11.6 Å². The molecule has 5 heteroatoms. The van der Waals surface area contributed by atoms with Gasteiger partial charge in [-0.25, -0.2) is 9.48 Å². The second-order valence-corrected chi connectivity index (χ2v) is 4.46. The Morgan fingerprint density at radius 3 is 2.74 bits per heavy atom. The molecular formula is C14H13ClN2O2. The highest BCUT2D eigenvalue weighted by Gasteiger charge is 2.11. The van der Waals surface area contributed by atoms with Crippen LogP contribution in [-0.2, 0) is 11.3 Å². The molecule has 0 aliphatic heterocycles. The van der Waals surface area contributed by atoms with Crippen LogP contribution in [0.1, 0.15) is 16.8 Å². The number of rotatable bonds is 4. The zero-order chi connectivity index (χ0) is 13.8. The van der Waals surface area contributed by atoms with Crippen LogP contribution in [0.2, 0.25) is 5.15 Å². The number of carboxylic acid groups (broad SMARTS) is 1. The average Bonchev–Trinajstić information content (AvgIpc) is 2.63. The molecule has 0 spiro atoms. The van der Waals surface area contributed by atoms with Gasteiger partial charge in [0.2, 0.25) is 0 Å². The number of hydrogen-bond acceptors (Lipinski definition) is 2. The number of nitrogens with zero attached hydrogens (tertiary/aromatic N) is 2. The van der Waals surface area contributed by atoms with Crippen LogP contribution in [0.3, 0.4) is 0 Å². The first-order valence-electron chi connectivity index (χ1n) is 5.76. The third-order valence-electron chi connectivity index (χ3n) is 2.68. The van der Waals surface area contributed by atoms with E-state index < -0.39 is 5.97 Å². The minimum Gasteiger partial charge on any atom is -0.478 e. The summed E-state index contributed by atoms with van der Waals surface area (Å²) in [6.45, 7) is 2.36. The Hall–Kier alpha value is -2.07. The number of benzene rings is 1. The maximum Gasteiger partial charge on any atom is 0.328 e. The molecule has 0 aliphatic rings. The number of carboxylic acids is 1. The van der Waals surface area contributed by atoms with Crippen LogP contribution < -0.4 is 0 Å². The minimum absolute atomic E-state index is 0.443. The van der Waals surface area contributed by atoms with E-state index in [2.05, 4.69) is 5.10 Å². The maximum atomic E-state index is 10.5. The lowest BCUT2D eigenvalue weighted by atomic mass is 10.2. The van der Waals surface area contributed by atoms with Crippen molar-refractivity contribution in [3.05, 3.63) is 58.4 Å². The Morgan fingerprint density at radius 1 is 1.42 bits per heavy atom. The first kappa shape index (κ1) is 13.4. The topological polar surface area (TPSA) is 55.1 Å². The quantitative estimate of drug-likeness (QED) is 0.874. The van der Waals surface area contributed by atoms with Crippen molar-refractivity contribution in [2.24, 2.45) is 0 Å². The molecule has 0 saturated heterocycles. The molecule has 98 valence electrons. The van der Waals surface area contributed by atoms with Gasteiger partial charge in [-0.3, -0.25) is 0 Å². The van der Waals surface area contributed by atoms with Gasteiger partial charge in [0.1, 0.15) is 5.15 Å². The lowest BCUT2D eigenvalue weighted by Crippen LogP contribution is -2.01. The highest BCUT2D eigenvalue weighted by Crippen LogP contribution is 2.22. The summed E-state index contributed by atoms with van der Waals surface area (Å²) in [6, 6.07) is 9.82. The number of halogens is 1. The zero-order valence-electron chi connectivity index (χ0n) is 10.4. The van der Waals surface area contributed by atoms with E-state index in [0.29, 0.717) is 23.0 Å². The van der Waals surface area contributed by atoms with Crippen molar-refractivity contribution in [2.45, 2.75) is 13.5 Å². The van der Waals surface area contributed by atoms with Crippen LogP contribution in [0, 0.1) is 6.92 Å². The molecule has 1 aromatic carbocycles. The Kier molecular flexibility index (Phi) is 4.02. The standard InChI is InChI=1S/C14H13ClN2O2/c1-10-12(7-8-13(18)19)14(15)17(16-10)9-11-5-3-2-4-6-11/h2-8H,9H2,1H3,(H,18,19). The summed E-state index contributed by atoms with van der Waals surface area (Å²) in [5.74, 6) is -1.01. The molecule has 2 rings (SSSR count). The summed E-state index contributed by atoms with van der Waals surface area (Å²) < 4.78 is 1.66. The molecule has 0 atom stereocenters. The van der Waals surface area contributed by atoms with Crippen LogP contribution in [-0.4, -0.2) is 20.9 Å². The second-order valence-electron chi connectivity index (χ2n) is 4.10. The van der Waals surface area contributed by atoms with Gasteiger partial charge in [0.05, 0.1) is 12.2 Å². The van der Waals surface area contributed by atoms with Crippen LogP contribution >= 0.6 is 11.6 Å². The van der Waals surface area contributed by atoms with Gasteiger partial charge in [-0.15, -0.1) is 0 Å². The van der Waals surface area contributed by atoms with Crippen molar-refractivity contribution < 1.29 is 9.90 Å². The molecule has 0 aliphatic carbocycles. The lowest BCUT2D eigenvalue weighted by molar-refractivity contribution is -0.131. The summed E-state index contributed by atoms with van der Waals surface area (Å²) in [5.41, 5.74) is 2.43. The van der Waals surface area contributed by atoms with Gasteiger partial charge < -0.3 is 5.11 Å². The smallest absolute Gasteiger partial charge is 0.328 e. The minimum atomic E-state index is -1.01. The number of hydrogen-bond donors (Lipinski definition) is 1. The molecule has 2 aromatic rings. The van der Waals surface area contributed by atoms with Gasteiger partial charge >= 0.3 is 5.97 Å². The van der Waals surface area contributed by atoms with E-state index in [4.69, 9.17) is 16.7 Å². The fourth-order valence-corrected chi connectivity index (χ4v) is 2.07. The molecule has 0 amide bonds. The van der Waals surface area contributed by atoms with Crippen LogP contribution in [0.5, 0.6) is 0 Å². The summed E-state index contributed by atoms with van der Waals surface area (Å²) >= 11 is 6.22. The van der Waals surface area contributed by atoms with Crippen molar-refractivity contribution in [2.75, 3.05) is 0 Å². The number of carbonyl (C=O) groups is 1. The number of aryl methyl sites for hydroxylation is 1. The fraction of sp³-hybridized carbons (Fsp3) is 0.143. The van der Waals surface area contributed by atoms with E-state index in [1.807, 2.05) is 30.3 Å².